The molecule has 1 saturated carbocycles. The van der Waals surface area contributed by atoms with Crippen LogP contribution in [0.2, 0.25) is 0 Å². The van der Waals surface area contributed by atoms with E-state index in [0.717, 1.165) is 5.52 Å². The molecule has 3 nitrogen and oxygen atoms in total. The van der Waals surface area contributed by atoms with Crippen LogP contribution in [-0.2, 0) is 7.05 Å². The van der Waals surface area contributed by atoms with Gasteiger partial charge in [-0.05, 0) is 60.4 Å². The van der Waals surface area contributed by atoms with Gasteiger partial charge < -0.3 is 4.40 Å². The number of benzene rings is 2. The lowest BCUT2D eigenvalue weighted by Crippen LogP contribution is -2.29. The summed E-state index contributed by atoms with van der Waals surface area (Å²) in [6.07, 6.45) is 9.50. The minimum Gasteiger partial charge on any atom is -0.306 e. The van der Waals surface area contributed by atoms with Crippen molar-refractivity contribution in [2.45, 2.75) is 38.5 Å². The van der Waals surface area contributed by atoms with Crippen molar-refractivity contribution in [3.8, 4) is 0 Å². The van der Waals surface area contributed by atoms with Gasteiger partial charge in [0.1, 0.15) is 7.05 Å². The van der Waals surface area contributed by atoms with Gasteiger partial charge in [-0.15, -0.1) is 0 Å². The predicted molar refractivity (Wildman–Crippen MR) is 124 cm³/mol. The Hall–Kier alpha value is -3.20. The van der Waals surface area contributed by atoms with E-state index in [-0.39, 0.29) is 0 Å². The van der Waals surface area contributed by atoms with E-state index in [1.54, 1.807) is 0 Å². The second kappa shape index (κ2) is 5.69. The summed E-state index contributed by atoms with van der Waals surface area (Å²) in [4.78, 5) is 4.80. The number of nitrogens with zero attached hydrogens (tertiary/aromatic N) is 3. The summed E-state index contributed by atoms with van der Waals surface area (Å²) < 4.78 is 4.80. The van der Waals surface area contributed by atoms with Crippen molar-refractivity contribution in [2.75, 3.05) is 0 Å². The van der Waals surface area contributed by atoms with Gasteiger partial charge >= 0.3 is 0 Å². The number of hydrogen-bond donors (Lipinski definition) is 0. The van der Waals surface area contributed by atoms with Gasteiger partial charge in [-0.2, -0.15) is 0 Å². The topological polar surface area (TPSA) is 21.2 Å². The molecular weight excluding hydrogens is 366 g/mol. The Morgan fingerprint density at radius 2 is 1.87 bits per heavy atom. The lowest BCUT2D eigenvalue weighted by Gasteiger charge is -2.16. The van der Waals surface area contributed by atoms with Crippen LogP contribution >= 0.6 is 0 Å². The molecule has 1 aliphatic rings. The Balaban J connectivity index is 1.83. The highest BCUT2D eigenvalue weighted by molar-refractivity contribution is 6.25. The minimum absolute atomic E-state index is 0.692. The van der Waals surface area contributed by atoms with Crippen molar-refractivity contribution < 1.29 is 4.57 Å². The van der Waals surface area contributed by atoms with Gasteiger partial charge in [0.05, 0.1) is 32.8 Å². The number of pyridine rings is 3. The van der Waals surface area contributed by atoms with E-state index in [0.29, 0.717) is 5.92 Å². The number of rotatable bonds is 1. The summed E-state index contributed by atoms with van der Waals surface area (Å²) in [6, 6.07) is 16.0. The molecular formula is C27H24N3+. The fraction of sp³-hybridized carbons (Fsp3) is 0.259. The Morgan fingerprint density at radius 3 is 2.73 bits per heavy atom. The lowest BCUT2D eigenvalue weighted by atomic mass is 9.93. The maximum absolute atomic E-state index is 4.80. The third-order valence-corrected chi connectivity index (χ3v) is 7.43. The van der Waals surface area contributed by atoms with Gasteiger partial charge in [0.15, 0.2) is 6.20 Å². The molecule has 0 bridgehead atoms. The molecule has 146 valence electrons. The molecule has 3 heteroatoms. The number of hydrogen-bond acceptors (Lipinski definition) is 1. The quantitative estimate of drug-likeness (QED) is 0.187. The highest BCUT2D eigenvalue weighted by Crippen LogP contribution is 2.42. The Bertz CT molecular complexity index is 1620. The highest BCUT2D eigenvalue weighted by atomic mass is 15.0. The summed E-state index contributed by atoms with van der Waals surface area (Å²) in [5.41, 5.74) is 9.10. The van der Waals surface area contributed by atoms with Crippen molar-refractivity contribution in [1.82, 2.24) is 9.38 Å². The van der Waals surface area contributed by atoms with Gasteiger partial charge in [0.25, 0.3) is 0 Å². The first-order valence-corrected chi connectivity index (χ1v) is 11.1. The van der Waals surface area contributed by atoms with Gasteiger partial charge in [-0.1, -0.05) is 31.0 Å². The molecule has 0 aliphatic heterocycles. The van der Waals surface area contributed by atoms with Gasteiger partial charge in [0, 0.05) is 17.6 Å². The van der Waals surface area contributed by atoms with Crippen LogP contribution in [0.3, 0.4) is 0 Å². The van der Waals surface area contributed by atoms with Gasteiger partial charge in [-0.25, -0.2) is 4.57 Å². The Morgan fingerprint density at radius 1 is 1.00 bits per heavy atom. The molecule has 2 aromatic carbocycles. The maximum atomic E-state index is 4.80. The molecule has 0 radical (unpaired) electrons. The summed E-state index contributed by atoms with van der Waals surface area (Å²) in [6.45, 7) is 2.24. The van der Waals surface area contributed by atoms with E-state index < -0.39 is 0 Å². The lowest BCUT2D eigenvalue weighted by molar-refractivity contribution is -0.643. The summed E-state index contributed by atoms with van der Waals surface area (Å²) in [7, 11) is 2.18. The van der Waals surface area contributed by atoms with Crippen LogP contribution in [0.25, 0.3) is 49.1 Å². The maximum Gasteiger partial charge on any atom is 0.224 e. The molecule has 4 aromatic heterocycles. The van der Waals surface area contributed by atoms with E-state index in [4.69, 9.17) is 4.98 Å². The molecule has 7 rings (SSSR count). The molecule has 30 heavy (non-hydrogen) atoms. The van der Waals surface area contributed by atoms with E-state index >= 15 is 0 Å². The van der Waals surface area contributed by atoms with Crippen LogP contribution in [0.4, 0.5) is 0 Å². The van der Waals surface area contributed by atoms with Crippen molar-refractivity contribution in [2.24, 2.45) is 7.05 Å². The zero-order chi connectivity index (χ0) is 20.0. The first-order chi connectivity index (χ1) is 14.7. The molecule has 1 aliphatic carbocycles. The fourth-order valence-electron chi connectivity index (χ4n) is 6.05. The molecule has 0 saturated heterocycles. The van der Waals surface area contributed by atoms with Crippen LogP contribution < -0.4 is 4.57 Å². The molecule has 4 heterocycles. The monoisotopic (exact) mass is 390 g/mol. The molecule has 0 amide bonds. The smallest absolute Gasteiger partial charge is 0.224 e. The SMILES string of the molecule is Cc1ccc2c3ncccc3n3c4cc(C5CCCC5)cc5cc[n+](C)c(c1c23)c54. The summed E-state index contributed by atoms with van der Waals surface area (Å²) in [5.74, 6) is 0.692. The number of aryl methyl sites for hydroxylation is 2. The fourth-order valence-corrected chi connectivity index (χ4v) is 6.05. The van der Waals surface area contributed by atoms with E-state index in [9.17, 15) is 0 Å². The van der Waals surface area contributed by atoms with Gasteiger partial charge in [0.2, 0.25) is 5.52 Å². The molecule has 1 fully saturated rings. The normalized spacial score (nSPS) is 15.7. The summed E-state index contributed by atoms with van der Waals surface area (Å²) >= 11 is 0. The summed E-state index contributed by atoms with van der Waals surface area (Å²) in [5, 5.41) is 5.32. The first-order valence-electron chi connectivity index (χ1n) is 11.1. The molecule has 0 atom stereocenters. The van der Waals surface area contributed by atoms with E-state index in [2.05, 4.69) is 71.6 Å². The van der Waals surface area contributed by atoms with E-state index in [1.807, 2.05) is 6.20 Å². The largest absolute Gasteiger partial charge is 0.306 e. The van der Waals surface area contributed by atoms with Crippen LogP contribution in [0.1, 0.15) is 42.7 Å². The average molecular weight is 391 g/mol. The third-order valence-electron chi connectivity index (χ3n) is 7.43. The third kappa shape index (κ3) is 1.95. The second-order valence-corrected chi connectivity index (χ2v) is 9.12. The molecule has 0 N–H and O–H groups in total. The minimum atomic E-state index is 0.692. The van der Waals surface area contributed by atoms with Crippen molar-refractivity contribution in [3.63, 3.8) is 0 Å². The van der Waals surface area contributed by atoms with Crippen molar-refractivity contribution in [3.05, 3.63) is 66.0 Å². The zero-order valence-corrected chi connectivity index (χ0v) is 17.4. The number of aromatic nitrogens is 3. The highest BCUT2D eigenvalue weighted by Gasteiger charge is 2.26. The predicted octanol–water partition coefficient (Wildman–Crippen LogP) is 6.18. The first kappa shape index (κ1) is 16.6. The molecule has 0 spiro atoms. The van der Waals surface area contributed by atoms with Crippen LogP contribution in [0, 0.1) is 6.92 Å². The van der Waals surface area contributed by atoms with Crippen molar-refractivity contribution in [1.29, 1.82) is 0 Å². The Kier molecular flexibility index (Phi) is 3.15. The van der Waals surface area contributed by atoms with Gasteiger partial charge in [-0.3, -0.25) is 4.98 Å². The number of fused-ring (bicyclic) bond motifs is 5. The standard InChI is InChI=1S/C27H24N3/c1-16-9-10-20-25-21(8-5-12-28-25)30-22-15-19(17-6-3-4-7-17)14-18-11-13-29(2)27(24(18)22)23(16)26(20)30/h5,8-15,17H,3-4,6-7H2,1-2H3/q+1. The van der Waals surface area contributed by atoms with Crippen LogP contribution in [0.15, 0.2) is 54.9 Å². The molecule has 6 aromatic rings. The van der Waals surface area contributed by atoms with Crippen molar-refractivity contribution >= 4 is 49.1 Å². The van der Waals surface area contributed by atoms with E-state index in [1.165, 1.54) is 80.4 Å². The average Bonchev–Trinajstić information content (AvgIpc) is 3.41. The van der Waals surface area contributed by atoms with Crippen LogP contribution in [-0.4, -0.2) is 9.38 Å². The Labute approximate surface area is 174 Å². The zero-order valence-electron chi connectivity index (χ0n) is 17.4. The second-order valence-electron chi connectivity index (χ2n) is 9.12. The molecule has 0 unspecified atom stereocenters. The van der Waals surface area contributed by atoms with Crippen LogP contribution in [0.5, 0.6) is 0 Å².